The van der Waals surface area contributed by atoms with Crippen LogP contribution in [0.2, 0.25) is 5.02 Å². The molecule has 0 atom stereocenters. The Morgan fingerprint density at radius 3 is 2.42 bits per heavy atom. The fourth-order valence-corrected chi connectivity index (χ4v) is 3.09. The number of carbonyl (C=O) groups is 1. The third-order valence-electron chi connectivity index (χ3n) is 4.49. The molecule has 0 fully saturated rings. The molecule has 1 heterocycles. The first-order chi connectivity index (χ1) is 12.3. The highest BCUT2D eigenvalue weighted by Gasteiger charge is 2.19. The zero-order valence-corrected chi connectivity index (χ0v) is 16.2. The number of anilines is 1. The van der Waals surface area contributed by atoms with Gasteiger partial charge >= 0.3 is 0 Å². The molecule has 2 aromatic carbocycles. The van der Waals surface area contributed by atoms with E-state index in [1.165, 1.54) is 5.56 Å². The number of nitrogens with zero attached hydrogens (tertiary/aromatic N) is 2. The van der Waals surface area contributed by atoms with Gasteiger partial charge in [0.15, 0.2) is 0 Å². The number of carbonyl (C=O) groups excluding carboxylic acids is 1. The number of halogens is 1. The van der Waals surface area contributed by atoms with Crippen molar-refractivity contribution in [2.75, 3.05) is 5.32 Å². The van der Waals surface area contributed by atoms with Gasteiger partial charge in [-0.2, -0.15) is 5.10 Å². The van der Waals surface area contributed by atoms with Crippen LogP contribution in [0.1, 0.15) is 38.4 Å². The number of aromatic nitrogens is 2. The quantitative estimate of drug-likeness (QED) is 0.699. The van der Waals surface area contributed by atoms with Gasteiger partial charge in [0.05, 0.1) is 17.8 Å². The summed E-state index contributed by atoms with van der Waals surface area (Å²) in [5.41, 5.74) is 6.19. The Morgan fingerprint density at radius 1 is 1.08 bits per heavy atom. The van der Waals surface area contributed by atoms with Gasteiger partial charge in [-0.05, 0) is 51.0 Å². The summed E-state index contributed by atoms with van der Waals surface area (Å²) in [5, 5.41) is 8.10. The molecule has 0 saturated carbocycles. The zero-order chi connectivity index (χ0) is 18.8. The predicted molar refractivity (Wildman–Crippen MR) is 106 cm³/mol. The molecule has 0 bridgehead atoms. The molecule has 3 aromatic rings. The second kappa shape index (κ2) is 7.34. The summed E-state index contributed by atoms with van der Waals surface area (Å²) in [6, 6.07) is 13.8. The molecule has 1 aromatic heterocycles. The Morgan fingerprint density at radius 2 is 1.77 bits per heavy atom. The number of amides is 1. The van der Waals surface area contributed by atoms with Crippen LogP contribution in [0.15, 0.2) is 42.5 Å². The van der Waals surface area contributed by atoms with Crippen LogP contribution in [-0.2, 0) is 6.54 Å². The van der Waals surface area contributed by atoms with E-state index in [1.54, 1.807) is 6.07 Å². The van der Waals surface area contributed by atoms with Crippen molar-refractivity contribution >= 4 is 23.2 Å². The third kappa shape index (κ3) is 3.81. The molecule has 1 amide bonds. The van der Waals surface area contributed by atoms with E-state index in [1.807, 2.05) is 37.6 Å². The van der Waals surface area contributed by atoms with Crippen molar-refractivity contribution in [2.24, 2.45) is 0 Å². The lowest BCUT2D eigenvalue weighted by Gasteiger charge is -2.08. The monoisotopic (exact) mass is 367 g/mol. The minimum Gasteiger partial charge on any atom is -0.322 e. The van der Waals surface area contributed by atoms with E-state index in [0.717, 1.165) is 16.8 Å². The number of nitrogens with one attached hydrogen (secondary N) is 1. The Bertz CT molecular complexity index is 958. The summed E-state index contributed by atoms with van der Waals surface area (Å²) in [6.07, 6.45) is 0. The largest absolute Gasteiger partial charge is 0.322 e. The summed E-state index contributed by atoms with van der Waals surface area (Å²) in [4.78, 5) is 12.8. The highest BCUT2D eigenvalue weighted by Crippen LogP contribution is 2.22. The lowest BCUT2D eigenvalue weighted by molar-refractivity contribution is 0.102. The summed E-state index contributed by atoms with van der Waals surface area (Å²) in [5.74, 6) is -0.171. The molecular weight excluding hydrogens is 346 g/mol. The highest BCUT2D eigenvalue weighted by molar-refractivity contribution is 6.31. The number of aryl methyl sites for hydroxylation is 3. The Hall–Kier alpha value is -2.59. The van der Waals surface area contributed by atoms with Crippen LogP contribution in [0.25, 0.3) is 0 Å². The molecule has 0 unspecified atom stereocenters. The number of rotatable bonds is 4. The van der Waals surface area contributed by atoms with Gasteiger partial charge in [0.2, 0.25) is 0 Å². The van der Waals surface area contributed by atoms with Gasteiger partial charge < -0.3 is 5.32 Å². The molecule has 3 rings (SSSR count). The second-order valence-electron chi connectivity index (χ2n) is 6.61. The number of hydrogen-bond donors (Lipinski definition) is 1. The lowest BCUT2D eigenvalue weighted by atomic mass is 10.1. The van der Waals surface area contributed by atoms with Gasteiger partial charge in [-0.1, -0.05) is 47.5 Å². The van der Waals surface area contributed by atoms with Crippen molar-refractivity contribution < 1.29 is 4.79 Å². The third-order valence-corrected chi connectivity index (χ3v) is 4.90. The van der Waals surface area contributed by atoms with Crippen LogP contribution in [-0.4, -0.2) is 15.7 Å². The van der Waals surface area contributed by atoms with Gasteiger partial charge in [-0.25, -0.2) is 0 Å². The van der Waals surface area contributed by atoms with Crippen LogP contribution in [0.4, 0.5) is 5.69 Å². The molecule has 0 aliphatic heterocycles. The Labute approximate surface area is 158 Å². The van der Waals surface area contributed by atoms with Gasteiger partial charge in [0, 0.05) is 16.4 Å². The first-order valence-electron chi connectivity index (χ1n) is 8.52. The SMILES string of the molecule is Cc1ccc(Cn2nc(C)c(C(=O)Nc3ccc(C)c(Cl)c3)c2C)cc1. The molecule has 5 heteroatoms. The standard InChI is InChI=1S/C21H22ClN3O/c1-13-5-8-17(9-6-13)12-25-16(4)20(15(3)24-25)21(26)23-18-10-7-14(2)19(22)11-18/h5-11H,12H2,1-4H3,(H,23,26). The average molecular weight is 368 g/mol. The first-order valence-corrected chi connectivity index (χ1v) is 8.90. The summed E-state index contributed by atoms with van der Waals surface area (Å²) in [7, 11) is 0. The van der Waals surface area contributed by atoms with E-state index in [9.17, 15) is 4.79 Å². The molecule has 1 N–H and O–H groups in total. The first kappa shape index (κ1) is 18.2. The van der Waals surface area contributed by atoms with Crippen LogP contribution in [0.5, 0.6) is 0 Å². The van der Waals surface area contributed by atoms with Gasteiger partial charge in [0.25, 0.3) is 5.91 Å². The van der Waals surface area contributed by atoms with Crippen molar-refractivity contribution in [3.63, 3.8) is 0 Å². The van der Waals surface area contributed by atoms with Crippen LogP contribution >= 0.6 is 11.6 Å². The van der Waals surface area contributed by atoms with E-state index in [-0.39, 0.29) is 5.91 Å². The molecule has 4 nitrogen and oxygen atoms in total. The van der Waals surface area contributed by atoms with Gasteiger partial charge in [-0.3, -0.25) is 9.48 Å². The molecule has 0 saturated heterocycles. The molecule has 26 heavy (non-hydrogen) atoms. The fourth-order valence-electron chi connectivity index (χ4n) is 2.91. The van der Waals surface area contributed by atoms with Crippen LogP contribution in [0, 0.1) is 27.7 Å². The van der Waals surface area contributed by atoms with Crippen molar-refractivity contribution in [2.45, 2.75) is 34.2 Å². The Kier molecular flexibility index (Phi) is 5.14. The summed E-state index contributed by atoms with van der Waals surface area (Å²) >= 11 is 6.14. The zero-order valence-electron chi connectivity index (χ0n) is 15.4. The number of benzene rings is 2. The molecular formula is C21H22ClN3O. The van der Waals surface area contributed by atoms with Gasteiger partial charge in [-0.15, -0.1) is 0 Å². The van der Waals surface area contributed by atoms with Crippen LogP contribution < -0.4 is 5.32 Å². The lowest BCUT2D eigenvalue weighted by Crippen LogP contribution is -2.14. The van der Waals surface area contributed by atoms with Gasteiger partial charge in [0.1, 0.15) is 0 Å². The van der Waals surface area contributed by atoms with Crippen molar-refractivity contribution in [1.29, 1.82) is 0 Å². The highest BCUT2D eigenvalue weighted by atomic mass is 35.5. The molecule has 0 aliphatic carbocycles. The van der Waals surface area contributed by atoms with Crippen molar-refractivity contribution in [3.05, 3.63) is 81.1 Å². The minimum atomic E-state index is -0.171. The van der Waals surface area contributed by atoms with E-state index < -0.39 is 0 Å². The smallest absolute Gasteiger partial charge is 0.259 e. The molecule has 0 spiro atoms. The summed E-state index contributed by atoms with van der Waals surface area (Å²) in [6.45, 7) is 8.40. The number of hydrogen-bond acceptors (Lipinski definition) is 2. The van der Waals surface area contributed by atoms with E-state index in [4.69, 9.17) is 11.6 Å². The molecule has 0 radical (unpaired) electrons. The topological polar surface area (TPSA) is 46.9 Å². The maximum Gasteiger partial charge on any atom is 0.259 e. The average Bonchev–Trinajstić information content (AvgIpc) is 2.87. The summed E-state index contributed by atoms with van der Waals surface area (Å²) < 4.78 is 1.87. The minimum absolute atomic E-state index is 0.171. The molecule has 0 aliphatic rings. The van der Waals surface area contributed by atoms with Crippen molar-refractivity contribution in [3.8, 4) is 0 Å². The fraction of sp³-hybridized carbons (Fsp3) is 0.238. The predicted octanol–water partition coefficient (Wildman–Crippen LogP) is 5.07. The van der Waals surface area contributed by atoms with E-state index in [0.29, 0.717) is 28.5 Å². The maximum absolute atomic E-state index is 12.8. The molecule has 134 valence electrons. The maximum atomic E-state index is 12.8. The second-order valence-corrected chi connectivity index (χ2v) is 7.01. The normalized spacial score (nSPS) is 10.8. The van der Waals surface area contributed by atoms with E-state index >= 15 is 0 Å². The van der Waals surface area contributed by atoms with E-state index in [2.05, 4.69) is 41.6 Å². The Balaban J connectivity index is 1.83. The van der Waals surface area contributed by atoms with Crippen molar-refractivity contribution in [1.82, 2.24) is 9.78 Å². The van der Waals surface area contributed by atoms with Crippen LogP contribution in [0.3, 0.4) is 0 Å².